The second kappa shape index (κ2) is 9.97. The molecule has 0 saturated heterocycles. The molecule has 26 heavy (non-hydrogen) atoms. The fourth-order valence-corrected chi connectivity index (χ4v) is 2.30. The fourth-order valence-electron chi connectivity index (χ4n) is 1.94. The number of benzene rings is 1. The molecule has 1 amide bonds. The number of fused-ring (bicyclic) bond motifs is 1. The first-order chi connectivity index (χ1) is 12.2. The van der Waals surface area contributed by atoms with Gasteiger partial charge in [0.2, 0.25) is 5.91 Å². The first-order valence-corrected chi connectivity index (χ1v) is 9.30. The maximum atomic E-state index is 11.2. The number of amides is 1. The van der Waals surface area contributed by atoms with E-state index in [1.807, 2.05) is 0 Å². The maximum Gasteiger partial charge on any atom is 0.346 e. The Kier molecular flexibility index (Phi) is 8.32. The van der Waals surface area contributed by atoms with Crippen molar-refractivity contribution in [3.8, 4) is 0 Å². The van der Waals surface area contributed by atoms with E-state index in [4.69, 9.17) is 16.0 Å². The highest BCUT2D eigenvalue weighted by molar-refractivity contribution is 7.85. The van der Waals surface area contributed by atoms with Crippen LogP contribution < -0.4 is 16.8 Å². The number of nitrogens with two attached hydrogens (primary N) is 2. The van der Waals surface area contributed by atoms with Crippen molar-refractivity contribution in [1.82, 2.24) is 5.32 Å². The van der Waals surface area contributed by atoms with Crippen molar-refractivity contribution in [2.75, 3.05) is 18.8 Å². The third-order valence-electron chi connectivity index (χ3n) is 3.27. The molecule has 0 saturated carbocycles. The van der Waals surface area contributed by atoms with Gasteiger partial charge in [-0.05, 0) is 31.5 Å². The highest BCUT2D eigenvalue weighted by atomic mass is 32.2. The molecular formula is C15H21N3O7S. The van der Waals surface area contributed by atoms with Gasteiger partial charge in [-0.25, -0.2) is 9.59 Å². The predicted molar refractivity (Wildman–Crippen MR) is 91.9 cm³/mol. The van der Waals surface area contributed by atoms with Crippen molar-refractivity contribution in [2.24, 2.45) is 11.5 Å². The number of hydrogen-bond donors (Lipinski definition) is 4. The Morgan fingerprint density at radius 3 is 2.19 bits per heavy atom. The smallest absolute Gasteiger partial charge is 0.346 e. The first kappa shape index (κ1) is 21.7. The Labute approximate surface area is 150 Å². The summed E-state index contributed by atoms with van der Waals surface area (Å²) in [4.78, 5) is 32.8. The van der Waals surface area contributed by atoms with Gasteiger partial charge in [0.15, 0.2) is 0 Å². The number of rotatable bonds is 7. The second-order valence-corrected chi connectivity index (χ2v) is 6.91. The molecule has 11 heteroatoms. The Hall–Kier alpha value is -2.34. The zero-order valence-corrected chi connectivity index (χ0v) is 14.7. The molecule has 1 atom stereocenters. The standard InChI is InChI=1S/C8H4O3.C7H17N3O4S/c9-7-5-3-1-2-4-6(5)8(10)11-7;8-3-1-2-6(9)7(11)10-4-5-15(12,13)14/h1-4H;6H,1-5,8-9H2,(H,10,11)(H,12,13,14). The molecule has 2 rings (SSSR count). The van der Waals surface area contributed by atoms with Gasteiger partial charge in [0, 0.05) is 6.54 Å². The summed E-state index contributed by atoms with van der Waals surface area (Å²) in [6.07, 6.45) is 1.08. The molecule has 6 N–H and O–H groups in total. The molecule has 0 bridgehead atoms. The molecule has 144 valence electrons. The van der Waals surface area contributed by atoms with Gasteiger partial charge in [-0.15, -0.1) is 0 Å². The Morgan fingerprint density at radius 2 is 1.73 bits per heavy atom. The fraction of sp³-hybridized carbons (Fsp3) is 0.400. The van der Waals surface area contributed by atoms with Crippen molar-refractivity contribution >= 4 is 28.0 Å². The molecule has 0 spiro atoms. The van der Waals surface area contributed by atoms with E-state index in [0.717, 1.165) is 0 Å². The molecule has 1 aromatic rings. The Morgan fingerprint density at radius 1 is 1.19 bits per heavy atom. The molecule has 1 unspecified atom stereocenters. The van der Waals surface area contributed by atoms with Crippen LogP contribution in [0, 0.1) is 0 Å². The van der Waals surface area contributed by atoms with Gasteiger partial charge >= 0.3 is 11.9 Å². The van der Waals surface area contributed by atoms with Crippen LogP contribution >= 0.6 is 0 Å². The van der Waals surface area contributed by atoms with Crippen LogP contribution in [0.4, 0.5) is 0 Å². The molecule has 1 aromatic carbocycles. The molecular weight excluding hydrogens is 366 g/mol. The van der Waals surface area contributed by atoms with Gasteiger partial charge in [-0.2, -0.15) is 8.42 Å². The summed E-state index contributed by atoms with van der Waals surface area (Å²) in [5.41, 5.74) is 11.4. The predicted octanol–water partition coefficient (Wildman–Crippen LogP) is -0.946. The minimum atomic E-state index is -4.04. The van der Waals surface area contributed by atoms with Crippen LogP contribution in [0.25, 0.3) is 0 Å². The van der Waals surface area contributed by atoms with Crippen molar-refractivity contribution in [3.63, 3.8) is 0 Å². The van der Waals surface area contributed by atoms with E-state index in [2.05, 4.69) is 10.1 Å². The molecule has 1 aliphatic heterocycles. The molecule has 0 aliphatic carbocycles. The lowest BCUT2D eigenvalue weighted by Crippen LogP contribution is -2.42. The summed E-state index contributed by atoms with van der Waals surface area (Å²) in [7, 11) is -4.04. The van der Waals surface area contributed by atoms with E-state index in [1.54, 1.807) is 24.3 Å². The largest absolute Gasteiger partial charge is 0.386 e. The summed E-state index contributed by atoms with van der Waals surface area (Å²) in [5, 5.41) is 2.30. The molecule has 0 aromatic heterocycles. The average Bonchev–Trinajstić information content (AvgIpc) is 2.87. The number of cyclic esters (lactones) is 2. The minimum Gasteiger partial charge on any atom is -0.386 e. The number of hydrogen-bond acceptors (Lipinski definition) is 8. The Bertz CT molecular complexity index is 731. The topological polar surface area (TPSA) is 179 Å². The third-order valence-corrected chi connectivity index (χ3v) is 3.99. The number of carbonyl (C=O) groups is 3. The lowest BCUT2D eigenvalue weighted by atomic mass is 10.1. The van der Waals surface area contributed by atoms with Crippen molar-refractivity contribution in [1.29, 1.82) is 0 Å². The highest BCUT2D eigenvalue weighted by Crippen LogP contribution is 2.18. The monoisotopic (exact) mass is 387 g/mol. The zero-order chi connectivity index (χ0) is 19.7. The van der Waals surface area contributed by atoms with E-state index in [9.17, 15) is 22.8 Å². The summed E-state index contributed by atoms with van der Waals surface area (Å²) in [6, 6.07) is 5.85. The normalized spacial score (nSPS) is 14.0. The number of ether oxygens (including phenoxy) is 1. The Balaban J connectivity index is 0.000000269. The lowest BCUT2D eigenvalue weighted by molar-refractivity contribution is -0.122. The zero-order valence-electron chi connectivity index (χ0n) is 13.9. The van der Waals surface area contributed by atoms with Gasteiger partial charge in [0.25, 0.3) is 10.1 Å². The summed E-state index contributed by atoms with van der Waals surface area (Å²) >= 11 is 0. The van der Waals surface area contributed by atoms with Gasteiger partial charge in [-0.3, -0.25) is 9.35 Å². The van der Waals surface area contributed by atoms with E-state index in [-0.39, 0.29) is 6.54 Å². The van der Waals surface area contributed by atoms with Crippen molar-refractivity contribution < 1.29 is 32.1 Å². The van der Waals surface area contributed by atoms with Crippen molar-refractivity contribution in [3.05, 3.63) is 35.4 Å². The van der Waals surface area contributed by atoms with E-state index in [1.165, 1.54) is 0 Å². The molecule has 10 nitrogen and oxygen atoms in total. The van der Waals surface area contributed by atoms with Gasteiger partial charge in [0.1, 0.15) is 0 Å². The molecule has 0 radical (unpaired) electrons. The van der Waals surface area contributed by atoms with E-state index in [0.29, 0.717) is 30.5 Å². The molecule has 1 heterocycles. The highest BCUT2D eigenvalue weighted by Gasteiger charge is 2.28. The van der Waals surface area contributed by atoms with Gasteiger partial charge < -0.3 is 21.5 Å². The third kappa shape index (κ3) is 7.27. The maximum absolute atomic E-state index is 11.2. The lowest BCUT2D eigenvalue weighted by Gasteiger charge is -2.10. The van der Waals surface area contributed by atoms with Crippen LogP contribution in [0.1, 0.15) is 33.6 Å². The van der Waals surface area contributed by atoms with Crippen LogP contribution in [0.5, 0.6) is 0 Å². The number of esters is 2. The van der Waals surface area contributed by atoms with Crippen LogP contribution in [0.3, 0.4) is 0 Å². The SMILES string of the molecule is NCCCC(N)C(=O)NCCS(=O)(=O)O.O=C1OC(=O)c2ccccc21. The van der Waals surface area contributed by atoms with E-state index >= 15 is 0 Å². The number of nitrogens with one attached hydrogen (secondary N) is 1. The van der Waals surface area contributed by atoms with Gasteiger partial charge in [0.05, 0.1) is 22.9 Å². The minimum absolute atomic E-state index is 0.145. The molecule has 0 fully saturated rings. The van der Waals surface area contributed by atoms with Gasteiger partial charge in [-0.1, -0.05) is 12.1 Å². The van der Waals surface area contributed by atoms with Crippen LogP contribution in [0.2, 0.25) is 0 Å². The second-order valence-electron chi connectivity index (χ2n) is 5.34. The van der Waals surface area contributed by atoms with Crippen LogP contribution in [-0.4, -0.2) is 55.7 Å². The van der Waals surface area contributed by atoms with E-state index < -0.39 is 39.8 Å². The first-order valence-electron chi connectivity index (χ1n) is 7.69. The summed E-state index contributed by atoms with van der Waals surface area (Å²) < 4.78 is 33.4. The number of carbonyl (C=O) groups excluding carboxylic acids is 3. The quantitative estimate of drug-likeness (QED) is 0.261. The van der Waals surface area contributed by atoms with Crippen molar-refractivity contribution in [2.45, 2.75) is 18.9 Å². The average molecular weight is 387 g/mol. The molecule has 1 aliphatic rings. The summed E-state index contributed by atoms with van der Waals surface area (Å²) in [6.45, 7) is 0.306. The van der Waals surface area contributed by atoms with Crippen LogP contribution in [0.15, 0.2) is 24.3 Å². The summed E-state index contributed by atoms with van der Waals surface area (Å²) in [5.74, 6) is -2.05. The van der Waals surface area contributed by atoms with Crippen LogP contribution in [-0.2, 0) is 19.6 Å².